The number of pyridine rings is 1. The molecule has 166 valence electrons. The van der Waals surface area contributed by atoms with Crippen LogP contribution in [0.5, 0.6) is 0 Å². The lowest BCUT2D eigenvalue weighted by Gasteiger charge is -2.33. The largest absolute Gasteiger partial charge is 0.354 e. The van der Waals surface area contributed by atoms with Gasteiger partial charge in [0.2, 0.25) is 0 Å². The number of anilines is 1. The maximum absolute atomic E-state index is 12.9. The highest BCUT2D eigenvalue weighted by Gasteiger charge is 2.34. The number of piperazine rings is 1. The number of nitrogens with zero attached hydrogens (tertiary/aromatic N) is 6. The molecule has 1 saturated carbocycles. The zero-order chi connectivity index (χ0) is 22.1. The molecule has 1 aliphatic heterocycles. The summed E-state index contributed by atoms with van der Waals surface area (Å²) in [5.74, 6) is 1.12. The maximum Gasteiger partial charge on any atom is 0.274 e. The van der Waals surface area contributed by atoms with Crippen LogP contribution in [0.1, 0.15) is 40.5 Å². The van der Waals surface area contributed by atoms with E-state index in [1.807, 2.05) is 42.6 Å². The third kappa shape index (κ3) is 4.54. The molecule has 8 nitrogen and oxygen atoms in total. The summed E-state index contributed by atoms with van der Waals surface area (Å²) in [4.78, 5) is 22.2. The fraction of sp³-hybridized carbons (Fsp3) is 0.391. The molecule has 1 aliphatic carbocycles. The second kappa shape index (κ2) is 8.99. The number of hydrogen-bond donors (Lipinski definition) is 1. The van der Waals surface area contributed by atoms with Crippen molar-refractivity contribution in [1.82, 2.24) is 30.2 Å². The standard InChI is InChI=1S/C23H26BrN7O/c1-29-10-12-30(13-11-29)20-9-2-16(14-25-20)15-26-23(32)21-22(17-3-4-17)31(28-27-21)19-7-5-18(24)6-8-19/h2,5-9,14,17H,3-4,10-13,15H2,1H3,(H,26,32). The molecule has 2 aliphatic rings. The first-order valence-corrected chi connectivity index (χ1v) is 11.8. The summed E-state index contributed by atoms with van der Waals surface area (Å²) in [6.07, 6.45) is 3.96. The van der Waals surface area contributed by atoms with Gasteiger partial charge in [0, 0.05) is 49.3 Å². The van der Waals surface area contributed by atoms with E-state index in [0.29, 0.717) is 18.2 Å². The molecule has 0 bridgehead atoms. The highest BCUT2D eigenvalue weighted by Crippen LogP contribution is 2.42. The highest BCUT2D eigenvalue weighted by molar-refractivity contribution is 9.10. The number of amides is 1. The van der Waals surface area contributed by atoms with Crippen LogP contribution in [0, 0.1) is 0 Å². The Morgan fingerprint density at radius 3 is 2.50 bits per heavy atom. The van der Waals surface area contributed by atoms with Crippen LogP contribution in [-0.2, 0) is 6.54 Å². The fourth-order valence-electron chi connectivity index (χ4n) is 3.96. The Bertz CT molecular complexity index is 1080. The number of benzene rings is 1. The van der Waals surface area contributed by atoms with E-state index in [-0.39, 0.29) is 5.91 Å². The molecular formula is C23H26BrN7O. The molecule has 5 rings (SSSR count). The smallest absolute Gasteiger partial charge is 0.274 e. The number of carbonyl (C=O) groups is 1. The van der Waals surface area contributed by atoms with E-state index in [1.54, 1.807) is 4.68 Å². The van der Waals surface area contributed by atoms with E-state index in [0.717, 1.165) is 66.3 Å². The lowest BCUT2D eigenvalue weighted by Crippen LogP contribution is -2.44. The minimum atomic E-state index is -0.196. The molecule has 1 saturated heterocycles. The number of hydrogen-bond acceptors (Lipinski definition) is 6. The molecular weight excluding hydrogens is 470 g/mol. The van der Waals surface area contributed by atoms with Crippen molar-refractivity contribution in [2.24, 2.45) is 0 Å². The molecule has 0 radical (unpaired) electrons. The van der Waals surface area contributed by atoms with Gasteiger partial charge in [-0.15, -0.1) is 5.10 Å². The van der Waals surface area contributed by atoms with Gasteiger partial charge in [0.25, 0.3) is 5.91 Å². The molecule has 2 aromatic heterocycles. The number of rotatable bonds is 6. The van der Waals surface area contributed by atoms with Gasteiger partial charge in [-0.3, -0.25) is 4.79 Å². The van der Waals surface area contributed by atoms with Gasteiger partial charge >= 0.3 is 0 Å². The highest BCUT2D eigenvalue weighted by atomic mass is 79.9. The van der Waals surface area contributed by atoms with Crippen molar-refractivity contribution in [2.45, 2.75) is 25.3 Å². The van der Waals surface area contributed by atoms with Gasteiger partial charge in [-0.25, -0.2) is 9.67 Å². The molecule has 1 N–H and O–H groups in total. The Morgan fingerprint density at radius 2 is 1.84 bits per heavy atom. The van der Waals surface area contributed by atoms with Crippen LogP contribution in [-0.4, -0.2) is 64.0 Å². The summed E-state index contributed by atoms with van der Waals surface area (Å²) in [7, 11) is 2.14. The number of carbonyl (C=O) groups excluding carboxylic acids is 1. The molecule has 32 heavy (non-hydrogen) atoms. The van der Waals surface area contributed by atoms with Crippen molar-refractivity contribution in [1.29, 1.82) is 0 Å². The van der Waals surface area contributed by atoms with Crippen LogP contribution >= 0.6 is 15.9 Å². The van der Waals surface area contributed by atoms with Gasteiger partial charge in [-0.05, 0) is 55.8 Å². The van der Waals surface area contributed by atoms with Gasteiger partial charge in [0.05, 0.1) is 11.4 Å². The van der Waals surface area contributed by atoms with E-state index in [2.05, 4.69) is 53.4 Å². The van der Waals surface area contributed by atoms with Crippen molar-refractivity contribution < 1.29 is 4.79 Å². The molecule has 3 aromatic rings. The Kier molecular flexibility index (Phi) is 5.93. The second-order valence-electron chi connectivity index (χ2n) is 8.48. The van der Waals surface area contributed by atoms with E-state index in [1.165, 1.54) is 0 Å². The van der Waals surface area contributed by atoms with E-state index >= 15 is 0 Å². The molecule has 3 heterocycles. The minimum absolute atomic E-state index is 0.196. The summed E-state index contributed by atoms with van der Waals surface area (Å²) < 4.78 is 2.80. The summed E-state index contributed by atoms with van der Waals surface area (Å²) in [6, 6.07) is 11.9. The molecule has 1 aromatic carbocycles. The summed E-state index contributed by atoms with van der Waals surface area (Å²) in [6.45, 7) is 4.46. The van der Waals surface area contributed by atoms with Crippen molar-refractivity contribution in [2.75, 3.05) is 38.1 Å². The Balaban J connectivity index is 1.26. The SMILES string of the molecule is CN1CCN(c2ccc(CNC(=O)c3nnn(-c4ccc(Br)cc4)c3C3CC3)cn2)CC1. The van der Waals surface area contributed by atoms with Gasteiger partial charge < -0.3 is 15.1 Å². The summed E-state index contributed by atoms with van der Waals surface area (Å²) in [5.41, 5.74) is 3.18. The van der Waals surface area contributed by atoms with E-state index in [9.17, 15) is 4.79 Å². The Morgan fingerprint density at radius 1 is 1.09 bits per heavy atom. The minimum Gasteiger partial charge on any atom is -0.354 e. The van der Waals surface area contributed by atoms with Gasteiger partial charge in [0.1, 0.15) is 5.82 Å². The first-order valence-electron chi connectivity index (χ1n) is 11.0. The molecule has 2 fully saturated rings. The Labute approximate surface area is 195 Å². The lowest BCUT2D eigenvalue weighted by molar-refractivity contribution is 0.0944. The second-order valence-corrected chi connectivity index (χ2v) is 9.40. The predicted octanol–water partition coefficient (Wildman–Crippen LogP) is 2.98. The topological polar surface area (TPSA) is 79.2 Å². The van der Waals surface area contributed by atoms with Crippen LogP contribution in [0.2, 0.25) is 0 Å². The molecule has 0 spiro atoms. The summed E-state index contributed by atoms with van der Waals surface area (Å²) in [5, 5.41) is 11.5. The average molecular weight is 496 g/mol. The van der Waals surface area contributed by atoms with Gasteiger partial charge in [-0.1, -0.05) is 27.2 Å². The third-order valence-corrected chi connectivity index (χ3v) is 6.57. The first kappa shape index (κ1) is 21.1. The third-order valence-electron chi connectivity index (χ3n) is 6.04. The molecule has 0 atom stereocenters. The number of nitrogens with one attached hydrogen (secondary N) is 1. The number of halogens is 1. The molecule has 9 heteroatoms. The zero-order valence-electron chi connectivity index (χ0n) is 18.0. The van der Waals surface area contributed by atoms with Crippen molar-refractivity contribution in [3.63, 3.8) is 0 Å². The average Bonchev–Trinajstić information content (AvgIpc) is 3.56. The van der Waals surface area contributed by atoms with Crippen molar-refractivity contribution >= 4 is 27.7 Å². The summed E-state index contributed by atoms with van der Waals surface area (Å²) >= 11 is 3.46. The van der Waals surface area contributed by atoms with Crippen LogP contribution in [0.4, 0.5) is 5.82 Å². The van der Waals surface area contributed by atoms with Gasteiger partial charge in [0.15, 0.2) is 5.69 Å². The molecule has 1 amide bonds. The van der Waals surface area contributed by atoms with Crippen molar-refractivity contribution in [3.8, 4) is 5.69 Å². The van der Waals surface area contributed by atoms with Crippen LogP contribution in [0.25, 0.3) is 5.69 Å². The maximum atomic E-state index is 12.9. The normalized spacial score (nSPS) is 16.9. The van der Waals surface area contributed by atoms with Crippen molar-refractivity contribution in [3.05, 3.63) is 64.0 Å². The van der Waals surface area contributed by atoms with E-state index in [4.69, 9.17) is 0 Å². The zero-order valence-corrected chi connectivity index (χ0v) is 19.6. The van der Waals surface area contributed by atoms with Crippen LogP contribution in [0.15, 0.2) is 47.1 Å². The van der Waals surface area contributed by atoms with E-state index < -0.39 is 0 Å². The monoisotopic (exact) mass is 495 g/mol. The number of likely N-dealkylation sites (N-methyl/N-ethyl adjacent to an activating group) is 1. The predicted molar refractivity (Wildman–Crippen MR) is 126 cm³/mol. The van der Waals surface area contributed by atoms with Crippen LogP contribution in [0.3, 0.4) is 0 Å². The quantitative estimate of drug-likeness (QED) is 0.566. The number of aromatic nitrogens is 4. The lowest BCUT2D eigenvalue weighted by atomic mass is 10.2. The fourth-order valence-corrected chi connectivity index (χ4v) is 4.22. The van der Waals surface area contributed by atoms with Crippen LogP contribution < -0.4 is 10.2 Å². The first-order chi connectivity index (χ1) is 15.6. The molecule has 0 unspecified atom stereocenters. The van der Waals surface area contributed by atoms with Gasteiger partial charge in [-0.2, -0.15) is 0 Å². The Hall–Kier alpha value is -2.78.